The predicted octanol–water partition coefficient (Wildman–Crippen LogP) is 5.38. The molecule has 198 valence electrons. The van der Waals surface area contributed by atoms with Gasteiger partial charge in [0, 0.05) is 29.0 Å². The van der Waals surface area contributed by atoms with Gasteiger partial charge in [0.2, 0.25) is 0 Å². The van der Waals surface area contributed by atoms with Crippen molar-refractivity contribution in [2.75, 3.05) is 10.3 Å². The molecule has 1 aliphatic carbocycles. The van der Waals surface area contributed by atoms with E-state index in [4.69, 9.17) is 0 Å². The number of carbonyl (C=O) groups is 2. The molecule has 4 rings (SSSR count). The number of hydrazone groups is 1. The van der Waals surface area contributed by atoms with Crippen molar-refractivity contribution >= 4 is 28.9 Å². The number of halogens is 6. The van der Waals surface area contributed by atoms with E-state index in [9.17, 15) is 35.9 Å². The van der Waals surface area contributed by atoms with Gasteiger partial charge in [0.15, 0.2) is 0 Å². The minimum atomic E-state index is -5.02. The van der Waals surface area contributed by atoms with Gasteiger partial charge in [-0.3, -0.25) is 9.59 Å². The molecule has 2 aliphatic rings. The standard InChI is InChI=1S/C24H23F6N5O2/c1-13-10-21(36)35(34-13)18-8-2-14(3-9-18)22(37)32-16-6-4-15(5-7-16)31-17-11-19(23(25,26)27)33-20(12-17)24(28,29)30/h2-3,8-9,11-12,15-16H,4-7,10H2,1H3,(H,31,33)(H,32,37). The molecule has 2 amide bonds. The second-order valence-corrected chi connectivity index (χ2v) is 9.05. The van der Waals surface area contributed by atoms with Gasteiger partial charge in [-0.15, -0.1) is 0 Å². The monoisotopic (exact) mass is 527 g/mol. The first kappa shape index (κ1) is 26.4. The molecule has 1 aromatic heterocycles. The van der Waals surface area contributed by atoms with Crippen molar-refractivity contribution < 1.29 is 35.9 Å². The van der Waals surface area contributed by atoms with E-state index >= 15 is 0 Å². The third kappa shape index (κ3) is 6.38. The summed E-state index contributed by atoms with van der Waals surface area (Å²) in [4.78, 5) is 27.3. The highest BCUT2D eigenvalue weighted by atomic mass is 19.4. The van der Waals surface area contributed by atoms with Crippen LogP contribution in [0.25, 0.3) is 0 Å². The van der Waals surface area contributed by atoms with Gasteiger partial charge in [0.05, 0.1) is 12.1 Å². The molecule has 0 spiro atoms. The largest absolute Gasteiger partial charge is 0.433 e. The van der Waals surface area contributed by atoms with Crippen LogP contribution in [0.2, 0.25) is 0 Å². The van der Waals surface area contributed by atoms with E-state index in [0.717, 1.165) is 0 Å². The zero-order valence-electron chi connectivity index (χ0n) is 19.6. The molecule has 2 N–H and O–H groups in total. The Morgan fingerprint density at radius 2 is 1.46 bits per heavy atom. The van der Waals surface area contributed by atoms with Crippen LogP contribution in [-0.4, -0.2) is 34.6 Å². The number of aromatic nitrogens is 1. The fourth-order valence-electron chi connectivity index (χ4n) is 4.30. The van der Waals surface area contributed by atoms with E-state index in [-0.39, 0.29) is 36.0 Å². The second kappa shape index (κ2) is 10.0. The van der Waals surface area contributed by atoms with Crippen molar-refractivity contribution in [3.63, 3.8) is 0 Å². The van der Waals surface area contributed by atoms with Crippen LogP contribution in [-0.2, 0) is 17.1 Å². The van der Waals surface area contributed by atoms with Crippen LogP contribution >= 0.6 is 0 Å². The van der Waals surface area contributed by atoms with Crippen LogP contribution in [0.3, 0.4) is 0 Å². The zero-order chi connectivity index (χ0) is 27.0. The number of nitrogens with zero attached hydrogens (tertiary/aromatic N) is 3. The number of rotatable bonds is 5. The molecule has 2 aromatic rings. The molecular weight excluding hydrogens is 504 g/mol. The quantitative estimate of drug-likeness (QED) is 0.511. The molecule has 0 atom stereocenters. The number of anilines is 2. The third-order valence-corrected chi connectivity index (χ3v) is 6.13. The second-order valence-electron chi connectivity index (χ2n) is 9.05. The lowest BCUT2D eigenvalue weighted by Crippen LogP contribution is -2.40. The normalized spacial score (nSPS) is 20.6. The Labute approximate surface area is 207 Å². The highest BCUT2D eigenvalue weighted by Gasteiger charge is 2.39. The maximum Gasteiger partial charge on any atom is 0.433 e. The number of benzene rings is 1. The first-order valence-electron chi connectivity index (χ1n) is 11.5. The molecule has 2 heterocycles. The van der Waals surface area contributed by atoms with E-state index in [1.807, 2.05) is 0 Å². The van der Waals surface area contributed by atoms with E-state index in [0.29, 0.717) is 54.8 Å². The molecule has 0 radical (unpaired) electrons. The Kier molecular flexibility index (Phi) is 7.16. The Balaban J connectivity index is 1.33. The predicted molar refractivity (Wildman–Crippen MR) is 123 cm³/mol. The van der Waals surface area contributed by atoms with Crippen molar-refractivity contribution in [2.24, 2.45) is 5.10 Å². The molecule has 0 bridgehead atoms. The highest BCUT2D eigenvalue weighted by molar-refractivity contribution is 6.12. The number of nitrogens with one attached hydrogen (secondary N) is 2. The smallest absolute Gasteiger partial charge is 0.382 e. The first-order chi connectivity index (χ1) is 17.3. The lowest BCUT2D eigenvalue weighted by atomic mass is 9.90. The molecule has 1 aliphatic heterocycles. The van der Waals surface area contributed by atoms with E-state index < -0.39 is 23.7 Å². The average Bonchev–Trinajstić information content (AvgIpc) is 3.17. The lowest BCUT2D eigenvalue weighted by molar-refractivity contribution is -0.150. The number of hydrogen-bond donors (Lipinski definition) is 2. The highest BCUT2D eigenvalue weighted by Crippen LogP contribution is 2.35. The van der Waals surface area contributed by atoms with Crippen LogP contribution < -0.4 is 15.6 Å². The van der Waals surface area contributed by atoms with E-state index in [1.165, 1.54) is 5.01 Å². The summed E-state index contributed by atoms with van der Waals surface area (Å²) in [7, 11) is 0. The van der Waals surface area contributed by atoms with Crippen molar-refractivity contribution in [2.45, 2.75) is 63.5 Å². The van der Waals surface area contributed by atoms with E-state index in [2.05, 4.69) is 20.7 Å². The van der Waals surface area contributed by atoms with Gasteiger partial charge in [-0.25, -0.2) is 9.99 Å². The summed E-state index contributed by atoms with van der Waals surface area (Å²) >= 11 is 0. The van der Waals surface area contributed by atoms with Gasteiger partial charge in [0.25, 0.3) is 11.8 Å². The van der Waals surface area contributed by atoms with Crippen LogP contribution in [0.5, 0.6) is 0 Å². The van der Waals surface area contributed by atoms with Gasteiger partial charge in [-0.1, -0.05) is 0 Å². The fourth-order valence-corrected chi connectivity index (χ4v) is 4.30. The number of hydrogen-bond acceptors (Lipinski definition) is 5. The molecule has 1 fully saturated rings. The van der Waals surface area contributed by atoms with Crippen molar-refractivity contribution in [3.05, 3.63) is 53.3 Å². The lowest BCUT2D eigenvalue weighted by Gasteiger charge is -2.30. The first-order valence-corrected chi connectivity index (χ1v) is 11.5. The summed E-state index contributed by atoms with van der Waals surface area (Å²) in [5.74, 6) is -0.481. The van der Waals surface area contributed by atoms with Gasteiger partial charge in [-0.2, -0.15) is 31.4 Å². The molecular formula is C24H23F6N5O2. The Hall–Kier alpha value is -3.64. The maximum absolute atomic E-state index is 13.0. The van der Waals surface area contributed by atoms with Crippen molar-refractivity contribution in [1.29, 1.82) is 0 Å². The molecule has 13 heteroatoms. The number of amides is 2. The fraction of sp³-hybridized carbons (Fsp3) is 0.417. The maximum atomic E-state index is 13.0. The van der Waals surface area contributed by atoms with Crippen molar-refractivity contribution in [1.82, 2.24) is 10.3 Å². The molecule has 0 saturated heterocycles. The average molecular weight is 527 g/mol. The Morgan fingerprint density at radius 3 is 1.95 bits per heavy atom. The van der Waals surface area contributed by atoms with Gasteiger partial charge >= 0.3 is 12.4 Å². The summed E-state index contributed by atoms with van der Waals surface area (Å²) in [6.07, 6.45) is -7.95. The summed E-state index contributed by atoms with van der Waals surface area (Å²) < 4.78 is 78.2. The number of pyridine rings is 1. The Bertz CT molecular complexity index is 1170. The topological polar surface area (TPSA) is 86.7 Å². The van der Waals surface area contributed by atoms with Crippen LogP contribution in [0, 0.1) is 0 Å². The SMILES string of the molecule is CC1=NN(c2ccc(C(=O)NC3CCC(Nc4cc(C(F)(F)F)nc(C(F)(F)F)c4)CC3)cc2)C(=O)C1. The number of carbonyl (C=O) groups excluding carboxylic acids is 2. The molecule has 1 saturated carbocycles. The molecule has 7 nitrogen and oxygen atoms in total. The van der Waals surface area contributed by atoms with Crippen LogP contribution in [0.4, 0.5) is 37.7 Å². The summed E-state index contributed by atoms with van der Waals surface area (Å²) in [6, 6.07) is 6.96. The third-order valence-electron chi connectivity index (χ3n) is 6.13. The minimum Gasteiger partial charge on any atom is -0.382 e. The summed E-state index contributed by atoms with van der Waals surface area (Å²) in [5.41, 5.74) is -1.92. The summed E-state index contributed by atoms with van der Waals surface area (Å²) in [5, 5.41) is 11.1. The van der Waals surface area contributed by atoms with Gasteiger partial charge in [0.1, 0.15) is 11.4 Å². The van der Waals surface area contributed by atoms with Crippen LogP contribution in [0.1, 0.15) is 60.8 Å². The summed E-state index contributed by atoms with van der Waals surface area (Å²) in [6.45, 7) is 1.75. The Morgan fingerprint density at radius 1 is 0.919 bits per heavy atom. The van der Waals surface area contributed by atoms with Crippen molar-refractivity contribution in [3.8, 4) is 0 Å². The van der Waals surface area contributed by atoms with Crippen LogP contribution in [0.15, 0.2) is 41.5 Å². The molecule has 1 aromatic carbocycles. The zero-order valence-corrected chi connectivity index (χ0v) is 19.6. The number of alkyl halides is 6. The van der Waals surface area contributed by atoms with E-state index in [1.54, 1.807) is 31.2 Å². The van der Waals surface area contributed by atoms with Gasteiger partial charge < -0.3 is 10.6 Å². The van der Waals surface area contributed by atoms with Gasteiger partial charge in [-0.05, 0) is 69.0 Å². The molecule has 0 unspecified atom stereocenters. The minimum absolute atomic E-state index is 0.156. The molecule has 37 heavy (non-hydrogen) atoms.